The second kappa shape index (κ2) is 10.3. The maximum atomic E-state index is 13.1. The van der Waals surface area contributed by atoms with Gasteiger partial charge >= 0.3 is 0 Å². The number of pyridine rings is 1. The molecule has 10 heteroatoms. The Labute approximate surface area is 215 Å². The minimum absolute atomic E-state index is 0. The molecule has 1 fully saturated rings. The van der Waals surface area contributed by atoms with Crippen LogP contribution in [0.3, 0.4) is 0 Å². The van der Waals surface area contributed by atoms with Gasteiger partial charge in [-0.25, -0.2) is 23.4 Å². The monoisotopic (exact) mass is 515 g/mol. The summed E-state index contributed by atoms with van der Waals surface area (Å²) in [5.41, 5.74) is 4.48. The van der Waals surface area contributed by atoms with Gasteiger partial charge in [0.25, 0.3) is 5.91 Å². The lowest BCUT2D eigenvalue weighted by Crippen LogP contribution is -2.43. The van der Waals surface area contributed by atoms with Crippen LogP contribution in [-0.2, 0) is 9.84 Å². The number of rotatable bonds is 4. The van der Waals surface area contributed by atoms with Crippen LogP contribution >= 0.6 is 0 Å². The molecule has 0 unspecified atom stereocenters. The molecule has 5 rings (SSSR count). The molecule has 1 aliphatic rings. The number of carbonyl (C=O) groups excluding carboxylic acids is 1. The molecule has 2 aromatic carbocycles. The first-order valence-corrected chi connectivity index (χ1v) is 13.0. The molecule has 4 aromatic rings. The number of aromatic nitrogens is 3. The maximum absolute atomic E-state index is 13.1. The van der Waals surface area contributed by atoms with Crippen molar-refractivity contribution in [2.75, 3.05) is 31.7 Å². The van der Waals surface area contributed by atoms with Crippen molar-refractivity contribution in [2.24, 2.45) is 0 Å². The van der Waals surface area contributed by atoms with E-state index in [1.807, 2.05) is 24.3 Å². The Hall–Kier alpha value is -4.36. The number of hydrogen-bond donors (Lipinski definition) is 0. The van der Waals surface area contributed by atoms with Crippen LogP contribution in [0.2, 0.25) is 0 Å². The summed E-state index contributed by atoms with van der Waals surface area (Å²) in [6.07, 6.45) is 3.12. The van der Waals surface area contributed by atoms with E-state index in [1.165, 1.54) is 13.4 Å². The van der Waals surface area contributed by atoms with Crippen molar-refractivity contribution >= 4 is 26.6 Å². The molecule has 188 valence electrons. The molecule has 0 saturated carbocycles. The van der Waals surface area contributed by atoms with Gasteiger partial charge in [0.2, 0.25) is 5.88 Å². The molecular formula is C27H25N5O4S. The molecule has 0 spiro atoms. The van der Waals surface area contributed by atoms with Crippen LogP contribution in [0.5, 0.6) is 5.88 Å². The fraction of sp³-hybridized carbons (Fsp3) is 0.222. The fourth-order valence-electron chi connectivity index (χ4n) is 4.22. The molecule has 0 aliphatic carbocycles. The quantitative estimate of drug-likeness (QED) is 0.402. The topological polar surface area (TPSA) is 126 Å². The first-order chi connectivity index (χ1) is 17.4. The lowest BCUT2D eigenvalue weighted by Gasteiger charge is -2.26. The summed E-state index contributed by atoms with van der Waals surface area (Å²) in [6.45, 7) is 0.373. The lowest BCUT2D eigenvalue weighted by atomic mass is 9.99. The maximum Gasteiger partial charge on any atom is 0.253 e. The van der Waals surface area contributed by atoms with Crippen LogP contribution in [0, 0.1) is 11.3 Å². The van der Waals surface area contributed by atoms with Crippen molar-refractivity contribution in [3.05, 3.63) is 72.2 Å². The van der Waals surface area contributed by atoms with E-state index in [1.54, 1.807) is 35.4 Å². The van der Waals surface area contributed by atoms with Crippen molar-refractivity contribution in [2.45, 2.75) is 7.43 Å². The highest BCUT2D eigenvalue weighted by atomic mass is 32.2. The minimum atomic E-state index is -3.08. The summed E-state index contributed by atoms with van der Waals surface area (Å²) in [6, 6.07) is 16.7. The van der Waals surface area contributed by atoms with Crippen LogP contribution in [-0.4, -0.2) is 65.9 Å². The van der Waals surface area contributed by atoms with Gasteiger partial charge in [0.1, 0.15) is 18.0 Å². The van der Waals surface area contributed by atoms with Crippen LogP contribution in [0.4, 0.5) is 0 Å². The first kappa shape index (κ1) is 25.7. The molecule has 0 N–H and O–H groups in total. The van der Waals surface area contributed by atoms with Gasteiger partial charge in [0, 0.05) is 41.4 Å². The SMILES string of the molecule is C.COc1ncc(-c2ccc3ncnc(-c4cccc(C(=O)N5CCS(=O)(=O)CC5)c4)c3c2)cc1C#N. The Morgan fingerprint density at radius 1 is 1.00 bits per heavy atom. The molecule has 9 nitrogen and oxygen atoms in total. The van der Waals surface area contributed by atoms with E-state index in [4.69, 9.17) is 4.74 Å². The van der Waals surface area contributed by atoms with Crippen molar-refractivity contribution in [1.29, 1.82) is 5.26 Å². The van der Waals surface area contributed by atoms with Gasteiger partial charge in [-0.3, -0.25) is 4.79 Å². The Kier molecular flexibility index (Phi) is 7.18. The molecular weight excluding hydrogens is 490 g/mol. The summed E-state index contributed by atoms with van der Waals surface area (Å²) in [4.78, 5) is 27.7. The van der Waals surface area contributed by atoms with E-state index in [-0.39, 0.29) is 43.8 Å². The third-order valence-electron chi connectivity index (χ3n) is 6.15. The Morgan fingerprint density at radius 3 is 2.51 bits per heavy atom. The van der Waals surface area contributed by atoms with Crippen LogP contribution in [0.25, 0.3) is 33.3 Å². The second-order valence-electron chi connectivity index (χ2n) is 8.37. The molecule has 1 aliphatic heterocycles. The third kappa shape index (κ3) is 5.13. The van der Waals surface area contributed by atoms with E-state index >= 15 is 0 Å². The third-order valence-corrected chi connectivity index (χ3v) is 7.76. The highest BCUT2D eigenvalue weighted by Crippen LogP contribution is 2.31. The number of nitrogens with zero attached hydrogens (tertiary/aromatic N) is 5. The van der Waals surface area contributed by atoms with Gasteiger partial charge in [0.15, 0.2) is 9.84 Å². The number of benzene rings is 2. The van der Waals surface area contributed by atoms with Crippen molar-refractivity contribution in [1.82, 2.24) is 19.9 Å². The van der Waals surface area contributed by atoms with E-state index in [0.717, 1.165) is 27.6 Å². The van der Waals surface area contributed by atoms with Crippen LogP contribution < -0.4 is 4.74 Å². The zero-order valence-electron chi connectivity index (χ0n) is 19.4. The summed E-state index contributed by atoms with van der Waals surface area (Å²) < 4.78 is 28.6. The standard InChI is InChI=1S/C26H21N5O4S.CH4/c1-35-25-20(14-27)12-21(15-28-25)17-5-6-23-22(13-17)24(30-16-29-23)18-3-2-4-19(11-18)26(32)31-7-9-36(33,34)10-8-31;/h2-6,11-13,15-16H,7-10H2,1H3;1H4. The first-order valence-electron chi connectivity index (χ1n) is 11.2. The zero-order valence-corrected chi connectivity index (χ0v) is 20.2. The fourth-order valence-corrected chi connectivity index (χ4v) is 5.42. The Bertz CT molecular complexity index is 1630. The molecule has 0 atom stereocenters. The molecule has 37 heavy (non-hydrogen) atoms. The van der Waals surface area contributed by atoms with Crippen LogP contribution in [0.1, 0.15) is 23.3 Å². The van der Waals surface area contributed by atoms with Crippen molar-refractivity contribution in [3.8, 4) is 34.3 Å². The number of hydrogen-bond acceptors (Lipinski definition) is 8. The highest BCUT2D eigenvalue weighted by molar-refractivity contribution is 7.91. The van der Waals surface area contributed by atoms with E-state index in [0.29, 0.717) is 16.8 Å². The van der Waals surface area contributed by atoms with Gasteiger partial charge in [-0.15, -0.1) is 0 Å². The molecule has 1 saturated heterocycles. The number of methoxy groups -OCH3 is 1. The summed E-state index contributed by atoms with van der Waals surface area (Å²) in [5, 5.41) is 10.2. The average molecular weight is 516 g/mol. The molecule has 1 amide bonds. The number of fused-ring (bicyclic) bond motifs is 1. The van der Waals surface area contributed by atoms with E-state index in [2.05, 4.69) is 21.0 Å². The summed E-state index contributed by atoms with van der Waals surface area (Å²) >= 11 is 0. The van der Waals surface area contributed by atoms with Gasteiger partial charge in [0.05, 0.1) is 29.8 Å². The van der Waals surface area contributed by atoms with Gasteiger partial charge in [-0.1, -0.05) is 25.6 Å². The number of ether oxygens (including phenoxy) is 1. The predicted molar refractivity (Wildman–Crippen MR) is 141 cm³/mol. The van der Waals surface area contributed by atoms with E-state index < -0.39 is 9.84 Å². The smallest absolute Gasteiger partial charge is 0.253 e. The van der Waals surface area contributed by atoms with E-state index in [9.17, 15) is 18.5 Å². The summed E-state index contributed by atoms with van der Waals surface area (Å²) in [5.74, 6) is 0.00903. The molecule has 3 heterocycles. The second-order valence-corrected chi connectivity index (χ2v) is 10.7. The molecule has 2 aromatic heterocycles. The molecule has 0 radical (unpaired) electrons. The van der Waals surface area contributed by atoms with Crippen LogP contribution in [0.15, 0.2) is 61.1 Å². The number of amides is 1. The average Bonchev–Trinajstić information content (AvgIpc) is 2.91. The Morgan fingerprint density at radius 2 is 1.78 bits per heavy atom. The lowest BCUT2D eigenvalue weighted by molar-refractivity contribution is 0.0770. The molecule has 0 bridgehead atoms. The Balaban J connectivity index is 0.00000320. The predicted octanol–water partition coefficient (Wildman–Crippen LogP) is 3.75. The highest BCUT2D eigenvalue weighted by Gasteiger charge is 2.26. The van der Waals surface area contributed by atoms with Gasteiger partial charge < -0.3 is 9.64 Å². The zero-order chi connectivity index (χ0) is 25.3. The van der Waals surface area contributed by atoms with Gasteiger partial charge in [-0.05, 0) is 35.9 Å². The number of nitriles is 1. The number of carbonyl (C=O) groups is 1. The normalized spacial score (nSPS) is 14.4. The van der Waals surface area contributed by atoms with Crippen molar-refractivity contribution < 1.29 is 17.9 Å². The summed E-state index contributed by atoms with van der Waals surface area (Å²) in [7, 11) is -1.62. The van der Waals surface area contributed by atoms with Gasteiger partial charge in [-0.2, -0.15) is 5.26 Å². The van der Waals surface area contributed by atoms with Crippen molar-refractivity contribution in [3.63, 3.8) is 0 Å². The number of sulfone groups is 1. The minimum Gasteiger partial charge on any atom is -0.480 e. The largest absolute Gasteiger partial charge is 0.480 e.